The number of aliphatic carboxylic acids is 1. The van der Waals surface area contributed by atoms with Crippen LogP contribution in [0.5, 0.6) is 34.8 Å². The van der Waals surface area contributed by atoms with Crippen LogP contribution in [0.3, 0.4) is 0 Å². The van der Waals surface area contributed by atoms with E-state index in [1.54, 1.807) is 6.20 Å². The molecule has 2 aliphatic heterocycles. The SMILES string of the molecule is Br.CC(=O)O.COC(=O)[C@@H](C)Oc1cnc(Cl)nc1Cl.COC(=O)[C@H](C)O.C[C@@H]1COc2nc(Br)ncc2O1.C[C@@H]1COc2nc(Cl)ncc2O1.Oc1cnc(Cl)nc1Cl. The van der Waals surface area contributed by atoms with Crippen LogP contribution >= 0.6 is 90.9 Å². The number of carbonyl (C=O) groups is 3. The van der Waals surface area contributed by atoms with E-state index >= 15 is 0 Å². The van der Waals surface area contributed by atoms with Crippen molar-refractivity contribution in [1.82, 2.24) is 39.9 Å². The molecule has 4 aromatic rings. The minimum Gasteiger partial charge on any atom is -0.504 e. The molecule has 3 N–H and O–H groups in total. The number of ether oxygens (including phenoxy) is 7. The van der Waals surface area contributed by atoms with Crippen LogP contribution in [0.25, 0.3) is 0 Å². The quantitative estimate of drug-likeness (QED) is 0.118. The molecule has 0 bridgehead atoms. The molecule has 0 spiro atoms. The Labute approximate surface area is 386 Å². The van der Waals surface area contributed by atoms with Gasteiger partial charge >= 0.3 is 11.9 Å². The molecule has 0 radical (unpaired) electrons. The summed E-state index contributed by atoms with van der Waals surface area (Å²) in [6.45, 7) is 8.85. The minimum atomic E-state index is -0.995. The Morgan fingerprint density at radius 1 is 0.750 bits per heavy atom. The Bertz CT molecular complexity index is 1920. The number of aromatic nitrogens is 8. The van der Waals surface area contributed by atoms with Crippen molar-refractivity contribution in [3.05, 3.63) is 55.7 Å². The fourth-order valence-electron chi connectivity index (χ4n) is 3.25. The Balaban J connectivity index is 0.000000719. The Morgan fingerprint density at radius 2 is 1.18 bits per heavy atom. The summed E-state index contributed by atoms with van der Waals surface area (Å²) >= 11 is 30.5. The summed E-state index contributed by atoms with van der Waals surface area (Å²) in [4.78, 5) is 59.9. The van der Waals surface area contributed by atoms with Crippen molar-refractivity contribution < 1.29 is 62.9 Å². The summed E-state index contributed by atoms with van der Waals surface area (Å²) in [6, 6.07) is 0. The maximum absolute atomic E-state index is 11.0. The molecule has 4 aromatic heterocycles. The standard InChI is InChI=1S/C8H8Cl2N2O3.C7H7BrN2O2.C7H7ClN2O2.C4H2Cl2N2O.C4H8O3.C2H4O2.BrH/c1-4(7(13)14-2)15-5-3-11-8(10)12-6(5)9;2*1-4-3-11-6-5(12-4)2-9-7(8)10-6;5-3-2(9)1-7-4(6)8-3;1-3(5)4(6)7-2;1-2(3)4;/h3-4H,1-2H3;2*2,4H,3H2,1H3;1,9H;3,5H,1-2H3;1H3,(H,3,4);1H/t3*4-;;3-;;/m111.0../s1. The van der Waals surface area contributed by atoms with E-state index in [0.29, 0.717) is 41.2 Å². The van der Waals surface area contributed by atoms with E-state index in [-0.39, 0.29) is 66.8 Å². The zero-order valence-electron chi connectivity index (χ0n) is 32.2. The van der Waals surface area contributed by atoms with E-state index in [0.717, 1.165) is 13.1 Å². The lowest BCUT2D eigenvalue weighted by Crippen LogP contribution is -2.26. The lowest BCUT2D eigenvalue weighted by atomic mass is 10.4. The van der Waals surface area contributed by atoms with Crippen LogP contribution in [0.1, 0.15) is 34.6 Å². The van der Waals surface area contributed by atoms with Gasteiger partial charge in [0, 0.05) is 6.92 Å². The Morgan fingerprint density at radius 3 is 1.62 bits per heavy atom. The van der Waals surface area contributed by atoms with E-state index in [2.05, 4.69) is 65.3 Å². The number of esters is 2. The van der Waals surface area contributed by atoms with Crippen LogP contribution in [0.4, 0.5) is 0 Å². The molecule has 60 heavy (non-hydrogen) atoms. The molecule has 28 heteroatoms. The average molecular weight is 1080 g/mol. The smallest absolute Gasteiger partial charge is 0.346 e. The van der Waals surface area contributed by atoms with Crippen molar-refractivity contribution in [2.75, 3.05) is 27.4 Å². The van der Waals surface area contributed by atoms with Gasteiger partial charge in [0.15, 0.2) is 38.4 Å². The number of aromatic hydroxyl groups is 1. The fraction of sp³-hybridized carbons (Fsp3) is 0.406. The lowest BCUT2D eigenvalue weighted by molar-refractivity contribution is -0.149. The highest BCUT2D eigenvalue weighted by molar-refractivity contribution is 9.10. The number of hydrogen-bond donors (Lipinski definition) is 3. The molecule has 21 nitrogen and oxygen atoms in total. The summed E-state index contributed by atoms with van der Waals surface area (Å²) in [6.07, 6.45) is 3.88. The molecule has 0 saturated heterocycles. The van der Waals surface area contributed by atoms with E-state index in [1.807, 2.05) is 13.8 Å². The molecule has 0 aliphatic carbocycles. The van der Waals surface area contributed by atoms with E-state index in [4.69, 9.17) is 102 Å². The highest BCUT2D eigenvalue weighted by atomic mass is 79.9. The third-order valence-electron chi connectivity index (χ3n) is 5.71. The van der Waals surface area contributed by atoms with Crippen molar-refractivity contribution >= 4 is 109 Å². The fourth-order valence-corrected chi connectivity index (χ4v) is 4.30. The number of nitrogens with zero attached hydrogens (tertiary/aromatic N) is 8. The number of halogens is 7. The highest BCUT2D eigenvalue weighted by Gasteiger charge is 2.20. The molecule has 0 unspecified atom stereocenters. The van der Waals surface area contributed by atoms with Crippen molar-refractivity contribution in [3.63, 3.8) is 0 Å². The molecular weight excluding hydrogens is 1040 g/mol. The van der Waals surface area contributed by atoms with Gasteiger partial charge in [-0.05, 0) is 78.4 Å². The van der Waals surface area contributed by atoms with Gasteiger partial charge in [0.05, 0.1) is 39.0 Å². The number of rotatable bonds is 4. The van der Waals surface area contributed by atoms with Crippen LogP contribution in [-0.2, 0) is 23.9 Å². The number of methoxy groups -OCH3 is 2. The van der Waals surface area contributed by atoms with Gasteiger partial charge in [0.25, 0.3) is 17.7 Å². The van der Waals surface area contributed by atoms with Gasteiger partial charge in [0.1, 0.15) is 31.5 Å². The van der Waals surface area contributed by atoms with E-state index < -0.39 is 30.1 Å². The van der Waals surface area contributed by atoms with E-state index in [9.17, 15) is 9.59 Å². The molecule has 0 aromatic carbocycles. The monoisotopic (exact) mass is 1070 g/mol. The Hall–Kier alpha value is -4.10. The number of fused-ring (bicyclic) bond motifs is 2. The second-order valence-electron chi connectivity index (χ2n) is 10.7. The van der Waals surface area contributed by atoms with Crippen LogP contribution in [-0.4, -0.2) is 125 Å². The second kappa shape index (κ2) is 29.2. The number of aliphatic hydroxyl groups is 1. The van der Waals surface area contributed by atoms with Crippen molar-refractivity contribution in [3.8, 4) is 34.8 Å². The maximum Gasteiger partial charge on any atom is 0.346 e. The summed E-state index contributed by atoms with van der Waals surface area (Å²) in [5.41, 5.74) is 0. The number of carboxylic acids is 1. The lowest BCUT2D eigenvalue weighted by Gasteiger charge is -2.22. The van der Waals surface area contributed by atoms with Gasteiger partial charge in [-0.15, -0.1) is 17.0 Å². The first-order valence-corrected chi connectivity index (χ1v) is 18.7. The van der Waals surface area contributed by atoms with E-state index in [1.165, 1.54) is 40.5 Å². The molecule has 2 aliphatic rings. The largest absolute Gasteiger partial charge is 0.504 e. The predicted octanol–water partition coefficient (Wildman–Crippen LogP) is 6.11. The first-order chi connectivity index (χ1) is 27.7. The van der Waals surface area contributed by atoms with Gasteiger partial charge in [-0.2, -0.15) is 9.97 Å². The van der Waals surface area contributed by atoms with Gasteiger partial charge in [0.2, 0.25) is 21.6 Å². The van der Waals surface area contributed by atoms with Gasteiger partial charge in [-0.25, -0.2) is 39.5 Å². The van der Waals surface area contributed by atoms with Crippen LogP contribution in [0, 0.1) is 0 Å². The number of carbonyl (C=O) groups excluding carboxylic acids is 2. The number of carboxylic acid groups (broad SMARTS) is 1. The van der Waals surface area contributed by atoms with Gasteiger partial charge in [-0.3, -0.25) is 4.79 Å². The second-order valence-corrected chi connectivity index (χ2v) is 13.1. The van der Waals surface area contributed by atoms with Gasteiger partial charge in [-0.1, -0.05) is 23.2 Å². The number of hydrogen-bond acceptors (Lipinski definition) is 20. The molecule has 0 amide bonds. The molecule has 6 heterocycles. The third-order valence-corrected chi connectivity index (χ3v) is 7.19. The third kappa shape index (κ3) is 22.5. The van der Waals surface area contributed by atoms with Crippen LogP contribution in [0.2, 0.25) is 26.2 Å². The molecule has 0 fully saturated rings. The molecule has 332 valence electrons. The predicted molar refractivity (Wildman–Crippen MR) is 223 cm³/mol. The number of aliphatic hydroxyl groups excluding tert-OH is 1. The van der Waals surface area contributed by atoms with Crippen molar-refractivity contribution in [2.24, 2.45) is 0 Å². The average Bonchev–Trinajstić information content (AvgIpc) is 3.17. The van der Waals surface area contributed by atoms with Crippen LogP contribution < -0.4 is 23.7 Å². The summed E-state index contributed by atoms with van der Waals surface area (Å²) in [5.74, 6) is 0.166. The zero-order valence-corrected chi connectivity index (χ0v) is 39.3. The van der Waals surface area contributed by atoms with Crippen LogP contribution in [0.15, 0.2) is 29.5 Å². The zero-order chi connectivity index (χ0) is 44.8. The maximum atomic E-state index is 11.0. The highest BCUT2D eigenvalue weighted by Crippen LogP contribution is 2.30. The first kappa shape index (κ1) is 55.9. The topological polar surface area (TPSA) is 280 Å². The summed E-state index contributed by atoms with van der Waals surface area (Å²) in [7, 11) is 2.50. The molecule has 0 saturated carbocycles. The van der Waals surface area contributed by atoms with Gasteiger partial charge < -0.3 is 48.5 Å². The van der Waals surface area contributed by atoms with Crippen molar-refractivity contribution in [1.29, 1.82) is 0 Å². The summed E-state index contributed by atoms with van der Waals surface area (Å²) in [5, 5.41) is 24.7. The first-order valence-electron chi connectivity index (χ1n) is 16.1. The normalized spacial score (nSPS) is 14.6. The molecule has 4 atom stereocenters. The molecular formula is C32H37Br2Cl5N8O13. The van der Waals surface area contributed by atoms with Crippen molar-refractivity contribution in [2.45, 2.75) is 59.0 Å². The minimum absolute atomic E-state index is 0. The Kier molecular flexibility index (Phi) is 27.2. The summed E-state index contributed by atoms with van der Waals surface area (Å²) < 4.78 is 35.6. The molecule has 6 rings (SSSR count).